The summed E-state index contributed by atoms with van der Waals surface area (Å²) in [7, 11) is 0. The highest BCUT2D eigenvalue weighted by molar-refractivity contribution is 5.85. The van der Waals surface area contributed by atoms with Crippen molar-refractivity contribution in [1.29, 1.82) is 0 Å². The molecule has 0 bridgehead atoms. The first-order valence-corrected chi connectivity index (χ1v) is 6.82. The first-order chi connectivity index (χ1) is 11.1. The van der Waals surface area contributed by atoms with Crippen LogP contribution in [0.1, 0.15) is 5.56 Å². The summed E-state index contributed by atoms with van der Waals surface area (Å²) in [5, 5.41) is 14.1. The Morgan fingerprint density at radius 3 is 2.61 bits per heavy atom. The second-order valence-corrected chi connectivity index (χ2v) is 4.98. The van der Waals surface area contributed by atoms with E-state index in [0.717, 1.165) is 5.69 Å². The molecule has 3 N–H and O–H groups in total. The zero-order valence-corrected chi connectivity index (χ0v) is 11.9. The molecule has 0 saturated carbocycles. The van der Waals surface area contributed by atoms with Crippen molar-refractivity contribution in [2.75, 3.05) is 11.1 Å². The fraction of sp³-hybridized carbons (Fsp3) is 0.0625. The highest BCUT2D eigenvalue weighted by atomic mass is 16.6. The molecule has 0 radical (unpaired) electrons. The van der Waals surface area contributed by atoms with Gasteiger partial charge in [0.05, 0.1) is 4.92 Å². The molecule has 2 aromatic rings. The molecule has 7 nitrogen and oxygen atoms in total. The molecule has 1 atom stereocenters. The number of hydrogen-bond acceptors (Lipinski definition) is 6. The zero-order chi connectivity index (χ0) is 16.4. The fourth-order valence-electron chi connectivity index (χ4n) is 2.28. The van der Waals surface area contributed by atoms with Crippen molar-refractivity contribution >= 4 is 29.0 Å². The highest BCUT2D eigenvalue weighted by Gasteiger charge is 2.23. The lowest BCUT2D eigenvalue weighted by atomic mass is 10.0. The number of nitrogens with one attached hydrogen (secondary N) is 1. The van der Waals surface area contributed by atoms with Crippen LogP contribution < -0.4 is 15.8 Å². The Labute approximate surface area is 131 Å². The Bertz CT molecular complexity index is 799. The Morgan fingerprint density at radius 1 is 1.22 bits per heavy atom. The molecule has 3 rings (SSSR count). The summed E-state index contributed by atoms with van der Waals surface area (Å²) in [6.07, 6.45) is 1.49. The van der Waals surface area contributed by atoms with Crippen LogP contribution in [0, 0.1) is 10.1 Å². The second-order valence-electron chi connectivity index (χ2n) is 4.98. The van der Waals surface area contributed by atoms with Gasteiger partial charge in [-0.25, -0.2) is 0 Å². The van der Waals surface area contributed by atoms with E-state index >= 15 is 0 Å². The van der Waals surface area contributed by atoms with Gasteiger partial charge in [-0.05, 0) is 36.4 Å². The average Bonchev–Trinajstić information content (AvgIpc) is 2.56. The van der Waals surface area contributed by atoms with Gasteiger partial charge in [0.15, 0.2) is 12.4 Å². The third-order valence-corrected chi connectivity index (χ3v) is 3.38. The van der Waals surface area contributed by atoms with E-state index in [9.17, 15) is 14.9 Å². The number of nitro benzene ring substituents is 1. The first kappa shape index (κ1) is 14.6. The average molecular weight is 311 g/mol. The Morgan fingerprint density at radius 2 is 1.96 bits per heavy atom. The quantitative estimate of drug-likeness (QED) is 0.389. The third kappa shape index (κ3) is 2.98. The SMILES string of the molecule is Nc1ccc(NC2=CC(C=O)Oc3ccc([N+](=O)[O-])cc32)cc1. The Balaban J connectivity index is 2.01. The van der Waals surface area contributed by atoms with E-state index in [1.54, 1.807) is 30.3 Å². The van der Waals surface area contributed by atoms with Crippen molar-refractivity contribution < 1.29 is 14.5 Å². The van der Waals surface area contributed by atoms with E-state index in [2.05, 4.69) is 5.32 Å². The van der Waals surface area contributed by atoms with Gasteiger partial charge < -0.3 is 15.8 Å². The lowest BCUT2D eigenvalue weighted by Gasteiger charge is -2.23. The van der Waals surface area contributed by atoms with Crippen LogP contribution >= 0.6 is 0 Å². The maximum Gasteiger partial charge on any atom is 0.270 e. The smallest absolute Gasteiger partial charge is 0.270 e. The minimum atomic E-state index is -0.750. The summed E-state index contributed by atoms with van der Waals surface area (Å²) in [5.74, 6) is 0.410. The number of nitro groups is 1. The van der Waals surface area contributed by atoms with Gasteiger partial charge in [-0.1, -0.05) is 0 Å². The second kappa shape index (κ2) is 5.80. The Kier molecular flexibility index (Phi) is 3.68. The lowest BCUT2D eigenvalue weighted by Crippen LogP contribution is -2.22. The lowest BCUT2D eigenvalue weighted by molar-refractivity contribution is -0.384. The molecule has 1 aliphatic heterocycles. The molecule has 0 spiro atoms. The van der Waals surface area contributed by atoms with Gasteiger partial charge >= 0.3 is 0 Å². The molecule has 0 aliphatic carbocycles. The summed E-state index contributed by atoms with van der Waals surface area (Å²) in [5.41, 5.74) is 8.05. The van der Waals surface area contributed by atoms with Gasteiger partial charge in [0, 0.05) is 34.8 Å². The molecule has 1 unspecified atom stereocenters. The molecule has 23 heavy (non-hydrogen) atoms. The normalized spacial score (nSPS) is 15.8. The minimum absolute atomic E-state index is 0.0538. The van der Waals surface area contributed by atoms with Gasteiger partial charge in [0.1, 0.15) is 5.75 Å². The van der Waals surface area contributed by atoms with E-state index < -0.39 is 11.0 Å². The van der Waals surface area contributed by atoms with Gasteiger partial charge in [0.2, 0.25) is 0 Å². The van der Waals surface area contributed by atoms with E-state index in [-0.39, 0.29) is 5.69 Å². The van der Waals surface area contributed by atoms with E-state index in [4.69, 9.17) is 10.5 Å². The number of fused-ring (bicyclic) bond motifs is 1. The number of anilines is 2. The molecular weight excluding hydrogens is 298 g/mol. The molecule has 0 amide bonds. The summed E-state index contributed by atoms with van der Waals surface area (Å²) in [4.78, 5) is 21.6. The predicted molar refractivity (Wildman–Crippen MR) is 86.0 cm³/mol. The number of ether oxygens (including phenoxy) is 1. The Hall–Kier alpha value is -3.35. The van der Waals surface area contributed by atoms with E-state index in [0.29, 0.717) is 29.0 Å². The van der Waals surface area contributed by atoms with Crippen LogP contribution in [0.4, 0.5) is 17.1 Å². The number of carbonyl (C=O) groups excluding carboxylic acids is 1. The van der Waals surface area contributed by atoms with Crippen LogP contribution in [0.25, 0.3) is 5.70 Å². The number of benzene rings is 2. The number of hydrogen-bond donors (Lipinski definition) is 2. The molecule has 0 saturated heterocycles. The zero-order valence-electron chi connectivity index (χ0n) is 11.9. The van der Waals surface area contributed by atoms with Crippen molar-refractivity contribution in [3.63, 3.8) is 0 Å². The molecule has 7 heteroatoms. The first-order valence-electron chi connectivity index (χ1n) is 6.82. The number of nitrogens with two attached hydrogens (primary N) is 1. The van der Waals surface area contributed by atoms with Crippen molar-refractivity contribution in [1.82, 2.24) is 0 Å². The maximum atomic E-state index is 11.1. The third-order valence-electron chi connectivity index (χ3n) is 3.38. The summed E-state index contributed by atoms with van der Waals surface area (Å²) >= 11 is 0. The summed E-state index contributed by atoms with van der Waals surface area (Å²) in [6.45, 7) is 0. The topological polar surface area (TPSA) is 107 Å². The van der Waals surface area contributed by atoms with Crippen LogP contribution in [-0.2, 0) is 4.79 Å². The van der Waals surface area contributed by atoms with Gasteiger partial charge in [-0.3, -0.25) is 14.9 Å². The fourth-order valence-corrected chi connectivity index (χ4v) is 2.28. The van der Waals surface area contributed by atoms with Gasteiger partial charge in [-0.15, -0.1) is 0 Å². The van der Waals surface area contributed by atoms with Crippen molar-refractivity contribution in [2.45, 2.75) is 6.10 Å². The van der Waals surface area contributed by atoms with Crippen molar-refractivity contribution in [2.24, 2.45) is 0 Å². The standard InChI is InChI=1S/C16H13N3O4/c17-10-1-3-11(4-2-10)18-15-8-13(9-20)23-16-6-5-12(19(21)22)7-14(15)16/h1-9,13,18H,17H2. The summed E-state index contributed by atoms with van der Waals surface area (Å²) in [6, 6.07) is 11.2. The van der Waals surface area contributed by atoms with E-state index in [1.807, 2.05) is 0 Å². The van der Waals surface area contributed by atoms with Crippen molar-refractivity contribution in [3.05, 3.63) is 64.2 Å². The predicted octanol–water partition coefficient (Wildman–Crippen LogP) is 2.59. The number of carbonyl (C=O) groups is 1. The largest absolute Gasteiger partial charge is 0.478 e. The van der Waals surface area contributed by atoms with Gasteiger partial charge in [-0.2, -0.15) is 0 Å². The molecule has 2 aromatic carbocycles. The molecule has 0 aromatic heterocycles. The molecule has 1 heterocycles. The van der Waals surface area contributed by atoms with Crippen molar-refractivity contribution in [3.8, 4) is 5.75 Å². The molecular formula is C16H13N3O4. The number of rotatable bonds is 4. The summed E-state index contributed by atoms with van der Waals surface area (Å²) < 4.78 is 5.48. The van der Waals surface area contributed by atoms with Crippen LogP contribution in [-0.4, -0.2) is 17.3 Å². The maximum absolute atomic E-state index is 11.1. The monoisotopic (exact) mass is 311 g/mol. The van der Waals surface area contributed by atoms with Crippen LogP contribution in [0.3, 0.4) is 0 Å². The molecule has 116 valence electrons. The van der Waals surface area contributed by atoms with E-state index in [1.165, 1.54) is 18.2 Å². The minimum Gasteiger partial charge on any atom is -0.478 e. The number of nitrogens with zero attached hydrogens (tertiary/aromatic N) is 1. The van der Waals surface area contributed by atoms with Gasteiger partial charge in [0.25, 0.3) is 5.69 Å². The number of nitrogen functional groups attached to an aromatic ring is 1. The number of non-ortho nitro benzene ring substituents is 1. The highest BCUT2D eigenvalue weighted by Crippen LogP contribution is 2.35. The number of aldehydes is 1. The van der Waals surface area contributed by atoms with Crippen LogP contribution in [0.15, 0.2) is 48.5 Å². The van der Waals surface area contributed by atoms with Crippen LogP contribution in [0.2, 0.25) is 0 Å². The molecule has 0 fully saturated rings. The van der Waals surface area contributed by atoms with Crippen LogP contribution in [0.5, 0.6) is 5.75 Å². The molecule has 1 aliphatic rings.